The van der Waals surface area contributed by atoms with E-state index >= 15 is 0 Å². The van der Waals surface area contributed by atoms with Gasteiger partial charge in [-0.05, 0) is 72.3 Å². The molecule has 0 aliphatic heterocycles. The normalized spacial score (nSPS) is 10.5. The third kappa shape index (κ3) is 6.11. The van der Waals surface area contributed by atoms with Crippen molar-refractivity contribution in [2.75, 3.05) is 12.4 Å². The Labute approximate surface area is 224 Å². The predicted molar refractivity (Wildman–Crippen MR) is 148 cm³/mol. The summed E-state index contributed by atoms with van der Waals surface area (Å²) < 4.78 is 12.5. The lowest BCUT2D eigenvalue weighted by atomic mass is 10.1. The number of para-hydroxylation sites is 1. The molecule has 9 heteroatoms. The first-order valence-corrected chi connectivity index (χ1v) is 12.1. The summed E-state index contributed by atoms with van der Waals surface area (Å²) in [7, 11) is 1.58. The molecular formula is C30H25N5O4. The Kier molecular flexibility index (Phi) is 7.59. The quantitative estimate of drug-likeness (QED) is 0.279. The van der Waals surface area contributed by atoms with Crippen LogP contribution in [0, 0.1) is 0 Å². The first kappa shape index (κ1) is 25.2. The third-order valence-corrected chi connectivity index (χ3v) is 5.83. The lowest BCUT2D eigenvalue weighted by molar-refractivity contribution is 0.0951. The van der Waals surface area contributed by atoms with Crippen LogP contribution < -0.4 is 25.7 Å². The lowest BCUT2D eigenvalue weighted by Gasteiger charge is -2.15. The summed E-state index contributed by atoms with van der Waals surface area (Å²) >= 11 is 0. The van der Waals surface area contributed by atoms with E-state index in [1.807, 2.05) is 30.3 Å². The first-order valence-electron chi connectivity index (χ1n) is 12.1. The first-order chi connectivity index (χ1) is 19.1. The molecule has 5 rings (SSSR count). The fourth-order valence-corrected chi connectivity index (χ4v) is 3.82. The van der Waals surface area contributed by atoms with Gasteiger partial charge in [0.2, 0.25) is 0 Å². The molecule has 0 aliphatic carbocycles. The van der Waals surface area contributed by atoms with Gasteiger partial charge in [-0.2, -0.15) is 9.78 Å². The summed E-state index contributed by atoms with van der Waals surface area (Å²) in [4.78, 5) is 30.4. The van der Waals surface area contributed by atoms with E-state index in [4.69, 9.17) is 9.47 Å². The zero-order valence-corrected chi connectivity index (χ0v) is 21.1. The second-order valence-corrected chi connectivity index (χ2v) is 8.46. The Morgan fingerprint density at radius 3 is 2.38 bits per heavy atom. The van der Waals surface area contributed by atoms with Crippen molar-refractivity contribution < 1.29 is 14.3 Å². The van der Waals surface area contributed by atoms with E-state index in [2.05, 4.69) is 20.7 Å². The molecular weight excluding hydrogens is 494 g/mol. The van der Waals surface area contributed by atoms with E-state index in [1.54, 1.807) is 80.2 Å². The van der Waals surface area contributed by atoms with E-state index in [-0.39, 0.29) is 17.3 Å². The van der Waals surface area contributed by atoms with Crippen LogP contribution in [-0.2, 0) is 6.54 Å². The zero-order valence-electron chi connectivity index (χ0n) is 21.1. The fourth-order valence-electron chi connectivity index (χ4n) is 3.82. The van der Waals surface area contributed by atoms with Crippen molar-refractivity contribution in [2.45, 2.75) is 6.54 Å². The summed E-state index contributed by atoms with van der Waals surface area (Å²) in [6.45, 7) is 0.366. The fraction of sp³-hybridized carbons (Fsp3) is 0.0667. The second-order valence-electron chi connectivity index (χ2n) is 8.46. The van der Waals surface area contributed by atoms with Crippen molar-refractivity contribution >= 4 is 17.3 Å². The second kappa shape index (κ2) is 11.7. The van der Waals surface area contributed by atoms with E-state index in [1.165, 1.54) is 10.9 Å². The van der Waals surface area contributed by atoms with Gasteiger partial charge in [0.15, 0.2) is 11.4 Å². The third-order valence-electron chi connectivity index (χ3n) is 5.83. The van der Waals surface area contributed by atoms with E-state index in [9.17, 15) is 9.59 Å². The highest BCUT2D eigenvalue weighted by Crippen LogP contribution is 2.30. The molecule has 2 aromatic heterocycles. The van der Waals surface area contributed by atoms with Crippen LogP contribution in [0.15, 0.2) is 114 Å². The van der Waals surface area contributed by atoms with Gasteiger partial charge < -0.3 is 20.1 Å². The number of aromatic nitrogens is 3. The summed E-state index contributed by atoms with van der Waals surface area (Å²) in [6, 6.07) is 26.6. The Bertz CT molecular complexity index is 1620. The molecule has 2 N–H and O–H groups in total. The Hall–Kier alpha value is -5.44. The molecule has 0 bridgehead atoms. The number of carbonyl (C=O) groups is 1. The maximum Gasteiger partial charge on any atom is 0.299 e. The topological polar surface area (TPSA) is 107 Å². The molecule has 0 radical (unpaired) electrons. The van der Waals surface area contributed by atoms with Gasteiger partial charge in [0.25, 0.3) is 11.5 Å². The number of carbonyl (C=O) groups excluding carboxylic acids is 1. The highest BCUT2D eigenvalue weighted by molar-refractivity contribution is 5.95. The molecule has 2 heterocycles. The number of amides is 1. The molecule has 0 saturated heterocycles. The van der Waals surface area contributed by atoms with Gasteiger partial charge in [0.1, 0.15) is 11.5 Å². The average molecular weight is 520 g/mol. The van der Waals surface area contributed by atoms with Crippen molar-refractivity contribution in [3.8, 4) is 22.9 Å². The summed E-state index contributed by atoms with van der Waals surface area (Å²) in [5.74, 6) is 1.16. The molecule has 0 fully saturated rings. The summed E-state index contributed by atoms with van der Waals surface area (Å²) in [5, 5.41) is 10.4. The zero-order chi connectivity index (χ0) is 27.0. The van der Waals surface area contributed by atoms with E-state index in [0.29, 0.717) is 35.0 Å². The number of ether oxygens (including phenoxy) is 2. The van der Waals surface area contributed by atoms with Gasteiger partial charge >= 0.3 is 0 Å². The van der Waals surface area contributed by atoms with Gasteiger partial charge in [-0.1, -0.05) is 24.3 Å². The van der Waals surface area contributed by atoms with Crippen molar-refractivity contribution in [1.29, 1.82) is 0 Å². The minimum Gasteiger partial charge on any atom is -0.497 e. The smallest absolute Gasteiger partial charge is 0.299 e. The minimum absolute atomic E-state index is 0.166. The number of methoxy groups -OCH3 is 1. The molecule has 0 unspecified atom stereocenters. The number of pyridine rings is 1. The number of hydrogen-bond donors (Lipinski definition) is 2. The molecule has 9 nitrogen and oxygen atoms in total. The Morgan fingerprint density at radius 1 is 0.897 bits per heavy atom. The summed E-state index contributed by atoms with van der Waals surface area (Å²) in [6.07, 6.45) is 4.83. The standard InChI is InChI=1S/C30H25N5O4/c1-38-25-10-12-26(13-11-25)39-27-20-33-35(24-8-3-2-4-9-24)30(37)28(27)34-23-7-5-6-22(18-23)29(36)32-19-21-14-16-31-17-15-21/h2-18,20,34H,19H2,1H3,(H,32,36). The van der Waals surface area contributed by atoms with Crippen molar-refractivity contribution in [1.82, 2.24) is 20.1 Å². The molecule has 0 saturated carbocycles. The molecule has 39 heavy (non-hydrogen) atoms. The lowest BCUT2D eigenvalue weighted by Crippen LogP contribution is -2.24. The van der Waals surface area contributed by atoms with Crippen LogP contribution >= 0.6 is 0 Å². The van der Waals surface area contributed by atoms with Crippen molar-refractivity contribution in [3.05, 3.63) is 131 Å². The number of anilines is 2. The largest absolute Gasteiger partial charge is 0.497 e. The number of nitrogens with zero attached hydrogens (tertiary/aromatic N) is 3. The molecule has 194 valence electrons. The number of hydrogen-bond acceptors (Lipinski definition) is 7. The molecule has 1 amide bonds. The van der Waals surface area contributed by atoms with Crippen molar-refractivity contribution in [2.24, 2.45) is 0 Å². The van der Waals surface area contributed by atoms with Gasteiger partial charge in [-0.15, -0.1) is 0 Å². The molecule has 0 atom stereocenters. The van der Waals surface area contributed by atoms with Gasteiger partial charge in [-0.3, -0.25) is 14.6 Å². The van der Waals surface area contributed by atoms with E-state index < -0.39 is 5.56 Å². The summed E-state index contributed by atoms with van der Waals surface area (Å²) in [5.41, 5.74) is 2.26. The molecule has 0 spiro atoms. The van der Waals surface area contributed by atoms with Gasteiger partial charge in [0, 0.05) is 30.2 Å². The molecule has 5 aromatic rings. The number of nitrogens with one attached hydrogen (secondary N) is 2. The van der Waals surface area contributed by atoms with Crippen LogP contribution in [0.5, 0.6) is 17.2 Å². The highest BCUT2D eigenvalue weighted by Gasteiger charge is 2.16. The van der Waals surface area contributed by atoms with Gasteiger partial charge in [0.05, 0.1) is 19.0 Å². The number of rotatable bonds is 9. The van der Waals surface area contributed by atoms with Crippen LogP contribution in [0.1, 0.15) is 15.9 Å². The Morgan fingerprint density at radius 2 is 1.64 bits per heavy atom. The van der Waals surface area contributed by atoms with Crippen LogP contribution in [-0.4, -0.2) is 27.8 Å². The van der Waals surface area contributed by atoms with Crippen LogP contribution in [0.25, 0.3) is 5.69 Å². The Balaban J connectivity index is 1.45. The monoisotopic (exact) mass is 519 g/mol. The van der Waals surface area contributed by atoms with Crippen molar-refractivity contribution in [3.63, 3.8) is 0 Å². The van der Waals surface area contributed by atoms with Crippen LogP contribution in [0.2, 0.25) is 0 Å². The van der Waals surface area contributed by atoms with Gasteiger partial charge in [-0.25, -0.2) is 0 Å². The molecule has 3 aromatic carbocycles. The maximum absolute atomic E-state index is 13.6. The predicted octanol–water partition coefficient (Wildman–Crippen LogP) is 5.10. The maximum atomic E-state index is 13.6. The van der Waals surface area contributed by atoms with Crippen LogP contribution in [0.4, 0.5) is 11.4 Å². The average Bonchev–Trinajstić information content (AvgIpc) is 2.99. The molecule has 0 aliphatic rings. The van der Waals surface area contributed by atoms with E-state index in [0.717, 1.165) is 5.56 Å². The highest BCUT2D eigenvalue weighted by atomic mass is 16.5. The minimum atomic E-state index is -0.417. The SMILES string of the molecule is COc1ccc(Oc2cnn(-c3ccccc3)c(=O)c2Nc2cccc(C(=O)NCc3ccncc3)c2)cc1. The van der Waals surface area contributed by atoms with Crippen LogP contribution in [0.3, 0.4) is 0 Å². The number of benzene rings is 3.